The summed E-state index contributed by atoms with van der Waals surface area (Å²) in [5.41, 5.74) is 4.98. The monoisotopic (exact) mass is 244 g/mol. The number of nitrogens with one attached hydrogen (secondary N) is 1. The second-order valence-electron chi connectivity index (χ2n) is 5.96. The van der Waals surface area contributed by atoms with E-state index in [1.54, 1.807) is 0 Å². The molecule has 0 spiro atoms. The first-order valence-electron chi connectivity index (χ1n) is 6.16. The number of nitrogens with two attached hydrogens (primary N) is 1. The molecule has 0 aromatic rings. The van der Waals surface area contributed by atoms with Crippen molar-refractivity contribution < 1.29 is 15.0 Å². The van der Waals surface area contributed by atoms with Crippen molar-refractivity contribution in [1.82, 2.24) is 5.32 Å². The predicted octanol–water partition coefficient (Wildman–Crippen LogP) is 0.319. The Morgan fingerprint density at radius 3 is 2.35 bits per heavy atom. The smallest absolute Gasteiger partial charge is 0.321 e. The van der Waals surface area contributed by atoms with E-state index < -0.39 is 17.6 Å². The van der Waals surface area contributed by atoms with Crippen LogP contribution in [-0.4, -0.2) is 40.9 Å². The summed E-state index contributed by atoms with van der Waals surface area (Å²) in [6.45, 7) is 5.03. The predicted molar refractivity (Wildman–Crippen MR) is 65.7 cm³/mol. The minimum absolute atomic E-state index is 0.195. The number of hydrogen-bond acceptors (Lipinski definition) is 4. The van der Waals surface area contributed by atoms with Crippen LogP contribution in [0.25, 0.3) is 0 Å². The molecule has 1 aliphatic rings. The molecule has 0 saturated heterocycles. The first-order valence-corrected chi connectivity index (χ1v) is 6.16. The van der Waals surface area contributed by atoms with E-state index in [-0.39, 0.29) is 6.54 Å². The molecular formula is C12H24N2O3. The Kier molecular flexibility index (Phi) is 4.52. The molecule has 0 aromatic carbocycles. The van der Waals surface area contributed by atoms with Crippen molar-refractivity contribution in [2.24, 2.45) is 11.1 Å². The van der Waals surface area contributed by atoms with Crippen LogP contribution in [0.15, 0.2) is 0 Å². The van der Waals surface area contributed by atoms with Gasteiger partial charge in [0.05, 0.1) is 5.60 Å². The van der Waals surface area contributed by atoms with Crippen molar-refractivity contribution in [2.45, 2.75) is 51.2 Å². The maximum Gasteiger partial charge on any atom is 0.321 e. The number of aliphatic carboxylic acids is 1. The summed E-state index contributed by atoms with van der Waals surface area (Å²) in [6.07, 6.45) is 3.51. The molecule has 5 N–H and O–H groups in total. The largest absolute Gasteiger partial charge is 0.480 e. The normalized spacial score (nSPS) is 24.2. The summed E-state index contributed by atoms with van der Waals surface area (Å²) in [5, 5.41) is 21.9. The number of carboxylic acids is 1. The number of carbonyl (C=O) groups is 1. The molecule has 1 saturated carbocycles. The van der Waals surface area contributed by atoms with Crippen molar-refractivity contribution in [3.05, 3.63) is 0 Å². The first-order chi connectivity index (χ1) is 7.74. The van der Waals surface area contributed by atoms with Crippen LogP contribution in [-0.2, 0) is 4.79 Å². The van der Waals surface area contributed by atoms with Crippen LogP contribution in [0.3, 0.4) is 0 Å². The Hall–Kier alpha value is -0.650. The molecular weight excluding hydrogens is 220 g/mol. The quantitative estimate of drug-likeness (QED) is 0.558. The summed E-state index contributed by atoms with van der Waals surface area (Å²) in [4.78, 5) is 10.5. The summed E-state index contributed by atoms with van der Waals surface area (Å²) >= 11 is 0. The maximum atomic E-state index is 10.5. The van der Waals surface area contributed by atoms with Crippen molar-refractivity contribution in [3.63, 3.8) is 0 Å². The number of hydrogen-bond donors (Lipinski definition) is 4. The molecule has 1 aliphatic carbocycles. The fourth-order valence-corrected chi connectivity index (χ4v) is 2.12. The number of carboxylic acid groups (broad SMARTS) is 1. The molecule has 1 atom stereocenters. The Morgan fingerprint density at radius 2 is 1.88 bits per heavy atom. The van der Waals surface area contributed by atoms with E-state index in [9.17, 15) is 9.90 Å². The molecule has 0 radical (unpaired) electrons. The van der Waals surface area contributed by atoms with E-state index in [2.05, 4.69) is 19.2 Å². The summed E-state index contributed by atoms with van der Waals surface area (Å²) in [7, 11) is 0. The van der Waals surface area contributed by atoms with Crippen LogP contribution in [0.5, 0.6) is 0 Å². The molecule has 1 rings (SSSR count). The fourth-order valence-electron chi connectivity index (χ4n) is 2.12. The minimum atomic E-state index is -1.02. The molecule has 0 heterocycles. The Labute approximate surface area is 102 Å². The summed E-state index contributed by atoms with van der Waals surface area (Å²) in [6, 6.07) is -0.904. The lowest BCUT2D eigenvalue weighted by atomic mass is 9.71. The third-order valence-electron chi connectivity index (χ3n) is 3.67. The average Bonchev–Trinajstić information content (AvgIpc) is 2.23. The molecule has 5 heteroatoms. The lowest BCUT2D eigenvalue weighted by Gasteiger charge is -2.40. The van der Waals surface area contributed by atoms with E-state index in [0.29, 0.717) is 12.0 Å². The third-order valence-corrected chi connectivity index (χ3v) is 3.67. The van der Waals surface area contributed by atoms with E-state index >= 15 is 0 Å². The van der Waals surface area contributed by atoms with Crippen LogP contribution in [0, 0.1) is 5.41 Å². The summed E-state index contributed by atoms with van der Waals surface area (Å²) < 4.78 is 0. The Morgan fingerprint density at radius 1 is 1.35 bits per heavy atom. The highest BCUT2D eigenvalue weighted by Gasteiger charge is 2.36. The SMILES string of the molecule is CC1(C)CCC(O)(CNCC(N)C(=O)O)CC1. The van der Waals surface area contributed by atoms with Crippen LogP contribution in [0.4, 0.5) is 0 Å². The lowest BCUT2D eigenvalue weighted by Crippen LogP contribution is -2.49. The van der Waals surface area contributed by atoms with Gasteiger partial charge in [-0.1, -0.05) is 13.8 Å². The van der Waals surface area contributed by atoms with Gasteiger partial charge in [-0.25, -0.2) is 0 Å². The Balaban J connectivity index is 2.30. The average molecular weight is 244 g/mol. The van der Waals surface area contributed by atoms with E-state index in [1.165, 1.54) is 0 Å². The second kappa shape index (κ2) is 5.33. The van der Waals surface area contributed by atoms with Crippen LogP contribution >= 0.6 is 0 Å². The lowest BCUT2D eigenvalue weighted by molar-refractivity contribution is -0.138. The Bertz CT molecular complexity index is 269. The molecule has 0 amide bonds. The van der Waals surface area contributed by atoms with E-state index in [0.717, 1.165) is 25.7 Å². The maximum absolute atomic E-state index is 10.5. The molecule has 1 unspecified atom stereocenters. The van der Waals surface area contributed by atoms with Crippen molar-refractivity contribution in [2.75, 3.05) is 13.1 Å². The van der Waals surface area contributed by atoms with Gasteiger partial charge in [-0.05, 0) is 31.1 Å². The van der Waals surface area contributed by atoms with Gasteiger partial charge in [-0.3, -0.25) is 4.79 Å². The summed E-state index contributed by atoms with van der Waals surface area (Å²) in [5.74, 6) is -1.02. The molecule has 1 fully saturated rings. The van der Waals surface area contributed by atoms with Gasteiger partial charge in [0.1, 0.15) is 6.04 Å². The van der Waals surface area contributed by atoms with Gasteiger partial charge in [0.15, 0.2) is 0 Å². The number of rotatable bonds is 5. The topological polar surface area (TPSA) is 95.6 Å². The third kappa shape index (κ3) is 4.61. The fraction of sp³-hybridized carbons (Fsp3) is 0.917. The van der Waals surface area contributed by atoms with Gasteiger partial charge in [-0.15, -0.1) is 0 Å². The van der Waals surface area contributed by atoms with Gasteiger partial charge in [-0.2, -0.15) is 0 Å². The van der Waals surface area contributed by atoms with Gasteiger partial charge in [0, 0.05) is 13.1 Å². The van der Waals surface area contributed by atoms with Crippen LogP contribution in [0.1, 0.15) is 39.5 Å². The van der Waals surface area contributed by atoms with Crippen LogP contribution < -0.4 is 11.1 Å². The molecule has 0 bridgehead atoms. The van der Waals surface area contributed by atoms with Crippen molar-refractivity contribution in [1.29, 1.82) is 0 Å². The first kappa shape index (κ1) is 14.4. The molecule has 5 nitrogen and oxygen atoms in total. The zero-order chi connectivity index (χ0) is 13.1. The highest BCUT2D eigenvalue weighted by Crippen LogP contribution is 2.39. The second-order valence-corrected chi connectivity index (χ2v) is 5.96. The highest BCUT2D eigenvalue weighted by atomic mass is 16.4. The standard InChI is InChI=1S/C12H24N2O3/c1-11(2)3-5-12(17,6-4-11)8-14-7-9(13)10(15)16/h9,14,17H,3-8,13H2,1-2H3,(H,15,16). The molecule has 17 heavy (non-hydrogen) atoms. The van der Waals surface area contributed by atoms with E-state index in [1.807, 2.05) is 0 Å². The van der Waals surface area contributed by atoms with E-state index in [4.69, 9.17) is 10.8 Å². The van der Waals surface area contributed by atoms with Gasteiger partial charge in [0.2, 0.25) is 0 Å². The molecule has 0 aromatic heterocycles. The van der Waals surface area contributed by atoms with Crippen molar-refractivity contribution in [3.8, 4) is 0 Å². The molecule has 0 aliphatic heterocycles. The minimum Gasteiger partial charge on any atom is -0.480 e. The van der Waals surface area contributed by atoms with Crippen LogP contribution in [0.2, 0.25) is 0 Å². The highest BCUT2D eigenvalue weighted by molar-refractivity contribution is 5.73. The van der Waals surface area contributed by atoms with Gasteiger partial charge < -0.3 is 21.3 Å². The van der Waals surface area contributed by atoms with Crippen molar-refractivity contribution >= 4 is 5.97 Å². The zero-order valence-electron chi connectivity index (χ0n) is 10.7. The zero-order valence-corrected chi connectivity index (χ0v) is 10.7. The van der Waals surface area contributed by atoms with Gasteiger partial charge in [0.25, 0.3) is 0 Å². The number of aliphatic hydroxyl groups is 1. The van der Waals surface area contributed by atoms with Gasteiger partial charge >= 0.3 is 5.97 Å². The molecule has 100 valence electrons.